The number of furan rings is 1. The Hall–Kier alpha value is -1.86. The molecule has 0 aliphatic heterocycles. The highest BCUT2D eigenvalue weighted by molar-refractivity contribution is 7.99. The third-order valence-corrected chi connectivity index (χ3v) is 3.39. The number of anilines is 1. The lowest BCUT2D eigenvalue weighted by molar-refractivity contribution is 0.527. The fraction of sp³-hybridized carbons (Fsp3) is 0.0833. The molecule has 3 nitrogen and oxygen atoms in total. The molecular formula is C12H10N2OS. The van der Waals surface area contributed by atoms with Crippen molar-refractivity contribution in [3.8, 4) is 6.07 Å². The van der Waals surface area contributed by atoms with Crippen molar-refractivity contribution >= 4 is 17.4 Å². The van der Waals surface area contributed by atoms with Crippen molar-refractivity contribution in [1.82, 2.24) is 0 Å². The lowest BCUT2D eigenvalue weighted by Crippen LogP contribution is -1.89. The second-order valence-corrected chi connectivity index (χ2v) is 4.39. The lowest BCUT2D eigenvalue weighted by atomic mass is 10.2. The minimum Gasteiger partial charge on any atom is -0.468 e. The summed E-state index contributed by atoms with van der Waals surface area (Å²) < 4.78 is 5.21. The normalized spacial score (nSPS) is 10.0. The van der Waals surface area contributed by atoms with Gasteiger partial charge in [-0.2, -0.15) is 5.26 Å². The van der Waals surface area contributed by atoms with Gasteiger partial charge in [0.1, 0.15) is 5.76 Å². The molecule has 0 unspecified atom stereocenters. The first-order chi connectivity index (χ1) is 7.70. The quantitative estimate of drug-likeness (QED) is 0.805. The zero-order valence-electron chi connectivity index (χ0n) is 8.73. The topological polar surface area (TPSA) is 63.0 Å². The van der Waals surface area contributed by atoms with E-state index in [-0.39, 0.29) is 0 Å². The molecular weight excluding hydrogens is 220 g/mol. The average molecular weight is 230 g/mol. The van der Waals surface area contributed by atoms with Crippen LogP contribution in [0.15, 0.2) is 44.7 Å². The molecule has 1 aromatic heterocycles. The van der Waals surface area contributed by atoms with Crippen LogP contribution < -0.4 is 5.73 Å². The van der Waals surface area contributed by atoms with Crippen molar-refractivity contribution < 1.29 is 4.42 Å². The molecule has 1 heterocycles. The maximum atomic E-state index is 8.82. The summed E-state index contributed by atoms with van der Waals surface area (Å²) in [5.74, 6) is 0.853. The van der Waals surface area contributed by atoms with Crippen LogP contribution in [0.1, 0.15) is 11.3 Å². The number of hydrogen-bond acceptors (Lipinski definition) is 4. The first kappa shape index (κ1) is 10.7. The summed E-state index contributed by atoms with van der Waals surface area (Å²) in [7, 11) is 0. The van der Waals surface area contributed by atoms with Crippen molar-refractivity contribution in [3.63, 3.8) is 0 Å². The zero-order valence-corrected chi connectivity index (χ0v) is 9.54. The predicted molar refractivity (Wildman–Crippen MR) is 63.1 cm³/mol. The van der Waals surface area contributed by atoms with E-state index >= 15 is 0 Å². The van der Waals surface area contributed by atoms with Crippen LogP contribution >= 0.6 is 11.8 Å². The molecule has 4 heteroatoms. The van der Waals surface area contributed by atoms with Gasteiger partial charge in [-0.05, 0) is 31.2 Å². The number of aryl methyl sites for hydroxylation is 1. The molecule has 0 bridgehead atoms. The molecule has 0 amide bonds. The average Bonchev–Trinajstić information content (AvgIpc) is 2.68. The highest BCUT2D eigenvalue weighted by atomic mass is 32.2. The Bertz CT molecular complexity index is 554. The predicted octanol–water partition coefficient (Wildman–Crippen LogP) is 3.19. The number of nitriles is 1. The van der Waals surface area contributed by atoms with Crippen molar-refractivity contribution in [2.24, 2.45) is 0 Å². The van der Waals surface area contributed by atoms with Gasteiger partial charge >= 0.3 is 0 Å². The summed E-state index contributed by atoms with van der Waals surface area (Å²) in [5, 5.41) is 8.82. The van der Waals surface area contributed by atoms with Crippen LogP contribution in [0.2, 0.25) is 0 Å². The van der Waals surface area contributed by atoms with E-state index in [1.54, 1.807) is 24.5 Å². The fourth-order valence-corrected chi connectivity index (χ4v) is 2.21. The summed E-state index contributed by atoms with van der Waals surface area (Å²) >= 11 is 1.51. The second-order valence-electron chi connectivity index (χ2n) is 3.31. The first-order valence-electron chi connectivity index (χ1n) is 4.72. The van der Waals surface area contributed by atoms with Crippen LogP contribution in [0.5, 0.6) is 0 Å². The van der Waals surface area contributed by atoms with Crippen molar-refractivity contribution in [2.75, 3.05) is 5.73 Å². The number of benzene rings is 1. The Morgan fingerprint density at radius 1 is 1.31 bits per heavy atom. The number of rotatable bonds is 2. The van der Waals surface area contributed by atoms with Crippen LogP contribution in [-0.2, 0) is 0 Å². The molecule has 0 fully saturated rings. The van der Waals surface area contributed by atoms with E-state index in [4.69, 9.17) is 15.4 Å². The van der Waals surface area contributed by atoms with Gasteiger partial charge in [-0.25, -0.2) is 0 Å². The smallest absolute Gasteiger partial charge is 0.114 e. The van der Waals surface area contributed by atoms with Gasteiger partial charge in [0.25, 0.3) is 0 Å². The van der Waals surface area contributed by atoms with Gasteiger partial charge in [0.2, 0.25) is 0 Å². The maximum Gasteiger partial charge on any atom is 0.114 e. The molecule has 2 aromatic rings. The van der Waals surface area contributed by atoms with Crippen LogP contribution in [0.3, 0.4) is 0 Å². The molecule has 2 N–H and O–H groups in total. The maximum absolute atomic E-state index is 8.82. The largest absolute Gasteiger partial charge is 0.468 e. The summed E-state index contributed by atoms with van der Waals surface area (Å²) in [4.78, 5) is 1.89. The SMILES string of the molecule is Cc1occc1Sc1cc(C#N)ccc1N. The third-order valence-electron chi connectivity index (χ3n) is 2.17. The Morgan fingerprint density at radius 2 is 2.12 bits per heavy atom. The highest BCUT2D eigenvalue weighted by Crippen LogP contribution is 2.34. The molecule has 0 radical (unpaired) electrons. The van der Waals surface area contributed by atoms with E-state index in [0.717, 1.165) is 15.6 Å². The monoisotopic (exact) mass is 230 g/mol. The van der Waals surface area contributed by atoms with E-state index in [2.05, 4.69) is 6.07 Å². The second kappa shape index (κ2) is 4.33. The van der Waals surface area contributed by atoms with Crippen LogP contribution in [0.25, 0.3) is 0 Å². The van der Waals surface area contributed by atoms with Gasteiger partial charge < -0.3 is 10.2 Å². The van der Waals surface area contributed by atoms with E-state index < -0.39 is 0 Å². The lowest BCUT2D eigenvalue weighted by Gasteiger charge is -2.04. The van der Waals surface area contributed by atoms with Crippen molar-refractivity contribution in [3.05, 3.63) is 41.9 Å². The molecule has 2 rings (SSSR count). The van der Waals surface area contributed by atoms with E-state index in [1.807, 2.05) is 13.0 Å². The molecule has 0 aliphatic rings. The molecule has 0 saturated heterocycles. The number of nitrogens with zero attached hydrogens (tertiary/aromatic N) is 1. The molecule has 0 spiro atoms. The van der Waals surface area contributed by atoms with Crippen LogP contribution in [0, 0.1) is 18.3 Å². The van der Waals surface area contributed by atoms with Crippen molar-refractivity contribution in [2.45, 2.75) is 16.7 Å². The number of hydrogen-bond donors (Lipinski definition) is 1. The van der Waals surface area contributed by atoms with Gasteiger partial charge in [0, 0.05) is 10.6 Å². The van der Waals surface area contributed by atoms with Gasteiger partial charge in [-0.1, -0.05) is 11.8 Å². The minimum atomic E-state index is 0.609. The summed E-state index contributed by atoms with van der Waals surface area (Å²) in [5.41, 5.74) is 7.13. The van der Waals surface area contributed by atoms with Crippen molar-refractivity contribution in [1.29, 1.82) is 5.26 Å². The van der Waals surface area contributed by atoms with Gasteiger partial charge in [-0.15, -0.1) is 0 Å². The van der Waals surface area contributed by atoms with Crippen LogP contribution in [-0.4, -0.2) is 0 Å². The Kier molecular flexibility index (Phi) is 2.88. The minimum absolute atomic E-state index is 0.609. The number of nitrogen functional groups attached to an aromatic ring is 1. The molecule has 0 atom stereocenters. The number of nitrogens with two attached hydrogens (primary N) is 1. The third kappa shape index (κ3) is 2.05. The summed E-state index contributed by atoms with van der Waals surface area (Å²) in [6.45, 7) is 1.90. The Morgan fingerprint density at radius 3 is 2.75 bits per heavy atom. The Balaban J connectivity index is 2.35. The van der Waals surface area contributed by atoms with Crippen LogP contribution in [0.4, 0.5) is 5.69 Å². The fourth-order valence-electron chi connectivity index (χ4n) is 1.29. The van der Waals surface area contributed by atoms with E-state index in [0.29, 0.717) is 11.3 Å². The Labute approximate surface area is 97.9 Å². The van der Waals surface area contributed by atoms with Gasteiger partial charge in [0.15, 0.2) is 0 Å². The van der Waals surface area contributed by atoms with E-state index in [1.165, 1.54) is 11.8 Å². The zero-order chi connectivity index (χ0) is 11.5. The summed E-state index contributed by atoms with van der Waals surface area (Å²) in [6, 6.07) is 9.22. The molecule has 0 aliphatic carbocycles. The highest BCUT2D eigenvalue weighted by Gasteiger charge is 2.07. The summed E-state index contributed by atoms with van der Waals surface area (Å²) in [6.07, 6.45) is 1.64. The molecule has 16 heavy (non-hydrogen) atoms. The van der Waals surface area contributed by atoms with Gasteiger partial charge in [0.05, 0.1) is 22.8 Å². The van der Waals surface area contributed by atoms with Gasteiger partial charge in [-0.3, -0.25) is 0 Å². The molecule has 1 aromatic carbocycles. The van der Waals surface area contributed by atoms with E-state index in [9.17, 15) is 0 Å². The molecule has 80 valence electrons. The first-order valence-corrected chi connectivity index (χ1v) is 5.54. The molecule has 0 saturated carbocycles. The standard InChI is InChI=1S/C12H10N2OS/c1-8-11(4-5-15-8)16-12-6-9(7-13)2-3-10(12)14/h2-6H,14H2,1H3.